The highest BCUT2D eigenvalue weighted by molar-refractivity contribution is 8.19. The molecule has 0 bridgehead atoms. The van der Waals surface area contributed by atoms with E-state index >= 15 is 0 Å². The molecule has 1 unspecified atom stereocenters. The van der Waals surface area contributed by atoms with Gasteiger partial charge in [0.1, 0.15) is 19.7 Å². The molecule has 0 aromatic carbocycles. The number of allylic oxidation sites excluding steroid dienone is 7. The molecule has 7 aliphatic rings. The predicted octanol–water partition coefficient (Wildman–Crippen LogP) is 5.13. The van der Waals surface area contributed by atoms with Gasteiger partial charge in [-0.2, -0.15) is 0 Å². The van der Waals surface area contributed by atoms with Gasteiger partial charge in [-0.3, -0.25) is 14.6 Å². The molecule has 1 atom stereocenters. The molecule has 0 aromatic heterocycles. The van der Waals surface area contributed by atoms with Crippen LogP contribution in [0.2, 0.25) is 0 Å². The highest BCUT2D eigenvalue weighted by Crippen LogP contribution is 2.57. The minimum absolute atomic E-state index is 0.0208. The van der Waals surface area contributed by atoms with Crippen molar-refractivity contribution in [2.45, 2.75) is 70.6 Å². The van der Waals surface area contributed by atoms with Crippen LogP contribution in [0.4, 0.5) is 0 Å². The van der Waals surface area contributed by atoms with Crippen LogP contribution in [0.1, 0.15) is 70.6 Å². The van der Waals surface area contributed by atoms with E-state index in [0.29, 0.717) is 30.0 Å². The van der Waals surface area contributed by atoms with E-state index in [2.05, 4.69) is 23.2 Å². The second-order valence-electron chi connectivity index (χ2n) is 13.5. The van der Waals surface area contributed by atoms with E-state index < -0.39 is 5.97 Å². The SMILES string of the molecule is COC(=O)C1=NCC2=C(S1)C1=C(C3CCCCC3)C3=CC=CC3C1=C(N(CC(=O)N1CCCCC1)CC(=O)N1CCCCC1)OC2. The number of nitrogens with zero attached hydrogens (tertiary/aromatic N) is 4. The number of carbonyl (C=O) groups excluding carboxylic acids is 3. The van der Waals surface area contributed by atoms with Gasteiger partial charge in [0.25, 0.3) is 0 Å². The van der Waals surface area contributed by atoms with E-state index in [9.17, 15) is 14.4 Å². The van der Waals surface area contributed by atoms with E-state index in [0.717, 1.165) is 99.2 Å². The molecule has 9 nitrogen and oxygen atoms in total. The van der Waals surface area contributed by atoms with Crippen molar-refractivity contribution in [3.8, 4) is 0 Å². The highest BCUT2D eigenvalue weighted by atomic mass is 32.2. The van der Waals surface area contributed by atoms with Gasteiger partial charge in [-0.25, -0.2) is 4.79 Å². The number of thioether (sulfide) groups is 1. The van der Waals surface area contributed by atoms with E-state index in [4.69, 9.17) is 9.47 Å². The van der Waals surface area contributed by atoms with Crippen molar-refractivity contribution in [2.24, 2.45) is 16.8 Å². The second kappa shape index (κ2) is 13.8. The Morgan fingerprint density at radius 2 is 1.54 bits per heavy atom. The lowest BCUT2D eigenvalue weighted by molar-refractivity contribution is -0.137. The summed E-state index contributed by atoms with van der Waals surface area (Å²) in [6, 6.07) is 0. The first kappa shape index (κ1) is 31.3. The minimum atomic E-state index is -0.425. The smallest absolute Gasteiger partial charge is 0.363 e. The maximum absolute atomic E-state index is 13.9. The summed E-state index contributed by atoms with van der Waals surface area (Å²) in [6.07, 6.45) is 18.9. The summed E-state index contributed by atoms with van der Waals surface area (Å²) in [5.74, 6) is 0.683. The topological polar surface area (TPSA) is 91.8 Å². The number of rotatable bonds is 7. The first-order valence-electron chi connectivity index (χ1n) is 17.4. The zero-order chi connectivity index (χ0) is 31.6. The maximum atomic E-state index is 13.9. The minimum Gasteiger partial charge on any atom is -0.474 e. The Bertz CT molecular complexity index is 1420. The number of aliphatic imine (C=N–C) groups is 1. The third kappa shape index (κ3) is 6.09. The third-order valence-corrected chi connectivity index (χ3v) is 11.8. The molecule has 46 heavy (non-hydrogen) atoms. The molecule has 2 amide bonds. The molecule has 3 aliphatic carbocycles. The number of likely N-dealkylation sites (tertiary alicyclic amines) is 2. The molecular formula is C36H46N4O5S. The number of ether oxygens (including phenoxy) is 2. The molecule has 0 radical (unpaired) electrons. The fourth-order valence-electron chi connectivity index (χ4n) is 8.23. The van der Waals surface area contributed by atoms with Crippen molar-refractivity contribution >= 4 is 34.6 Å². The number of hydrogen-bond donors (Lipinski definition) is 0. The predicted molar refractivity (Wildman–Crippen MR) is 179 cm³/mol. The number of amides is 2. The van der Waals surface area contributed by atoms with E-state index in [1.54, 1.807) is 0 Å². The molecule has 4 aliphatic heterocycles. The van der Waals surface area contributed by atoms with Gasteiger partial charge in [-0.15, -0.1) is 0 Å². The largest absolute Gasteiger partial charge is 0.474 e. The van der Waals surface area contributed by atoms with Crippen molar-refractivity contribution in [3.63, 3.8) is 0 Å². The van der Waals surface area contributed by atoms with Crippen LogP contribution in [0.3, 0.4) is 0 Å². The monoisotopic (exact) mass is 646 g/mol. The van der Waals surface area contributed by atoms with Crippen molar-refractivity contribution < 1.29 is 23.9 Å². The average Bonchev–Trinajstić information content (AvgIpc) is 3.66. The van der Waals surface area contributed by atoms with Gasteiger partial charge in [-0.1, -0.05) is 49.3 Å². The Kier molecular flexibility index (Phi) is 9.43. The van der Waals surface area contributed by atoms with E-state index in [1.807, 2.05) is 14.7 Å². The Balaban J connectivity index is 1.34. The van der Waals surface area contributed by atoms with Crippen molar-refractivity contribution in [1.82, 2.24) is 14.7 Å². The number of hydrogen-bond acceptors (Lipinski definition) is 8. The summed E-state index contributed by atoms with van der Waals surface area (Å²) in [4.78, 5) is 52.0. The van der Waals surface area contributed by atoms with Gasteiger partial charge in [0.05, 0.1) is 13.7 Å². The fourth-order valence-corrected chi connectivity index (χ4v) is 9.31. The molecule has 10 heteroatoms. The van der Waals surface area contributed by atoms with Gasteiger partial charge >= 0.3 is 5.97 Å². The first-order chi connectivity index (χ1) is 22.5. The van der Waals surface area contributed by atoms with Crippen LogP contribution in [0, 0.1) is 11.8 Å². The summed E-state index contributed by atoms with van der Waals surface area (Å²) < 4.78 is 11.9. The molecule has 1 saturated carbocycles. The zero-order valence-corrected chi connectivity index (χ0v) is 27.9. The molecule has 4 heterocycles. The quantitative estimate of drug-likeness (QED) is 0.354. The number of methoxy groups -OCH3 is 1. The van der Waals surface area contributed by atoms with Crippen LogP contribution in [-0.2, 0) is 23.9 Å². The van der Waals surface area contributed by atoms with Crippen LogP contribution >= 0.6 is 11.8 Å². The summed E-state index contributed by atoms with van der Waals surface area (Å²) in [6.45, 7) is 3.88. The van der Waals surface area contributed by atoms with Gasteiger partial charge in [-0.05, 0) is 68.4 Å². The van der Waals surface area contributed by atoms with Gasteiger partial charge < -0.3 is 24.2 Å². The molecule has 7 rings (SSSR count). The van der Waals surface area contributed by atoms with Crippen LogP contribution in [0.15, 0.2) is 61.9 Å². The Hall–Kier alpha value is -3.27. The molecule has 0 spiro atoms. The molecular weight excluding hydrogens is 600 g/mol. The molecule has 3 fully saturated rings. The second-order valence-corrected chi connectivity index (χ2v) is 14.5. The third-order valence-electron chi connectivity index (χ3n) is 10.6. The zero-order valence-electron chi connectivity index (χ0n) is 27.1. The standard InChI is InChI=1S/C36H46N4O5S/c1-44-36(43)34-37-20-25-23-45-35(31-27-15-11-14-26(27)30(32(31)33(25)46-34)24-12-5-2-6-13-24)40(21-28(41)38-16-7-3-8-17-38)22-29(42)39-18-9-4-10-19-39/h11,14-15,24,27H,2-10,12-13,16-23H2,1H3. The average molecular weight is 647 g/mol. The van der Waals surface area contributed by atoms with Crippen molar-refractivity contribution in [3.05, 3.63) is 56.9 Å². The summed E-state index contributed by atoms with van der Waals surface area (Å²) >= 11 is 1.39. The number of esters is 1. The number of carbonyl (C=O) groups is 3. The number of piperidine rings is 2. The lowest BCUT2D eigenvalue weighted by Crippen LogP contribution is -2.47. The molecule has 2 saturated heterocycles. The van der Waals surface area contributed by atoms with Crippen LogP contribution in [0.5, 0.6) is 0 Å². The lowest BCUT2D eigenvalue weighted by Gasteiger charge is -2.34. The van der Waals surface area contributed by atoms with Crippen LogP contribution in [0.25, 0.3) is 0 Å². The van der Waals surface area contributed by atoms with E-state index in [1.165, 1.54) is 49.3 Å². The van der Waals surface area contributed by atoms with Gasteiger partial charge in [0.15, 0.2) is 10.9 Å². The summed E-state index contributed by atoms with van der Waals surface area (Å²) in [5, 5.41) is 0.360. The van der Waals surface area contributed by atoms with Crippen LogP contribution in [-0.4, -0.2) is 97.1 Å². The Morgan fingerprint density at radius 1 is 0.913 bits per heavy atom. The van der Waals surface area contributed by atoms with Gasteiger partial charge in [0, 0.05) is 53.7 Å². The van der Waals surface area contributed by atoms with Crippen LogP contribution < -0.4 is 0 Å². The lowest BCUT2D eigenvalue weighted by atomic mass is 9.80. The Morgan fingerprint density at radius 3 is 2.17 bits per heavy atom. The van der Waals surface area contributed by atoms with E-state index in [-0.39, 0.29) is 30.8 Å². The van der Waals surface area contributed by atoms with Gasteiger partial charge in [0.2, 0.25) is 11.8 Å². The fraction of sp³-hybridized carbons (Fsp3) is 0.611. The molecule has 0 aromatic rings. The molecule has 0 N–H and O–H groups in total. The normalized spacial score (nSPS) is 24.9. The maximum Gasteiger partial charge on any atom is 0.363 e. The Labute approximate surface area is 276 Å². The number of fused-ring (bicyclic) bond motifs is 4. The van der Waals surface area contributed by atoms with Crippen molar-refractivity contribution in [1.29, 1.82) is 0 Å². The first-order valence-corrected chi connectivity index (χ1v) is 18.2. The summed E-state index contributed by atoms with van der Waals surface area (Å²) in [7, 11) is 1.40. The molecule has 246 valence electrons. The van der Waals surface area contributed by atoms with Crippen molar-refractivity contribution in [2.75, 3.05) is 59.5 Å². The summed E-state index contributed by atoms with van der Waals surface area (Å²) in [5.41, 5.74) is 5.84. The highest BCUT2D eigenvalue weighted by Gasteiger charge is 2.45.